The van der Waals surface area contributed by atoms with Gasteiger partial charge in [-0.15, -0.1) is 5.11 Å². The first-order valence-electron chi connectivity index (χ1n) is 9.20. The Balaban J connectivity index is 2.14. The number of amides is 1. The highest BCUT2D eigenvalue weighted by Crippen LogP contribution is 2.36. The number of anilines is 1. The predicted octanol–water partition coefficient (Wildman–Crippen LogP) is 7.39. The Morgan fingerprint density at radius 2 is 1.46 bits per heavy atom. The summed E-state index contributed by atoms with van der Waals surface area (Å²) in [4.78, 5) is 33.9. The van der Waals surface area contributed by atoms with Gasteiger partial charge < -0.3 is 0 Å². The standard InChI is InChI=1S/C20H10Br2F3N5O5/c21-15-9-11(29(32)33)5-7-17(15)26-27-28(18-8-6-12(30(34)35)10-16(18)22)19(31)13-3-1-2-4-14(13)20(23,24)25/h1-10H. The molecule has 180 valence electrons. The van der Waals surface area contributed by atoms with E-state index in [1.807, 2.05) is 0 Å². The van der Waals surface area contributed by atoms with Crippen LogP contribution in [0.5, 0.6) is 0 Å². The lowest BCUT2D eigenvalue weighted by molar-refractivity contribution is -0.385. The van der Waals surface area contributed by atoms with Crippen LogP contribution in [-0.2, 0) is 6.18 Å². The van der Waals surface area contributed by atoms with Gasteiger partial charge in [-0.25, -0.2) is 0 Å². The zero-order valence-electron chi connectivity index (χ0n) is 16.9. The zero-order chi connectivity index (χ0) is 25.9. The summed E-state index contributed by atoms with van der Waals surface area (Å²) in [6.07, 6.45) is -4.86. The van der Waals surface area contributed by atoms with Crippen molar-refractivity contribution < 1.29 is 27.8 Å². The molecule has 0 fully saturated rings. The molecule has 35 heavy (non-hydrogen) atoms. The maximum atomic E-state index is 13.5. The third-order valence-electron chi connectivity index (χ3n) is 4.41. The number of nitrogens with zero attached hydrogens (tertiary/aromatic N) is 5. The van der Waals surface area contributed by atoms with Crippen molar-refractivity contribution in [3.63, 3.8) is 0 Å². The number of benzene rings is 3. The van der Waals surface area contributed by atoms with E-state index in [-0.39, 0.29) is 31.7 Å². The van der Waals surface area contributed by atoms with Crippen LogP contribution in [0.2, 0.25) is 0 Å². The van der Waals surface area contributed by atoms with Crippen LogP contribution in [0.15, 0.2) is 79.9 Å². The van der Waals surface area contributed by atoms with Gasteiger partial charge in [0.25, 0.3) is 17.3 Å². The van der Waals surface area contributed by atoms with E-state index < -0.39 is 33.1 Å². The Kier molecular flexibility index (Phi) is 7.60. The average Bonchev–Trinajstić information content (AvgIpc) is 2.79. The molecule has 0 radical (unpaired) electrons. The SMILES string of the molecule is O=C(c1ccccc1C(F)(F)F)N(N=Nc1ccc([N+](=O)[O-])cc1Br)c1ccc([N+](=O)[O-])cc1Br. The maximum absolute atomic E-state index is 13.5. The van der Waals surface area contributed by atoms with Crippen LogP contribution < -0.4 is 5.01 Å². The molecule has 0 aliphatic heterocycles. The predicted molar refractivity (Wildman–Crippen MR) is 124 cm³/mol. The van der Waals surface area contributed by atoms with Crippen LogP contribution in [0, 0.1) is 20.2 Å². The Morgan fingerprint density at radius 3 is 2.00 bits per heavy atom. The van der Waals surface area contributed by atoms with E-state index in [1.165, 1.54) is 12.1 Å². The van der Waals surface area contributed by atoms with Gasteiger partial charge in [0.05, 0.1) is 35.6 Å². The van der Waals surface area contributed by atoms with Gasteiger partial charge in [0, 0.05) is 24.3 Å². The molecule has 3 aromatic carbocycles. The van der Waals surface area contributed by atoms with Gasteiger partial charge in [0.2, 0.25) is 0 Å². The van der Waals surface area contributed by atoms with Crippen LogP contribution >= 0.6 is 31.9 Å². The molecule has 10 nitrogen and oxygen atoms in total. The fourth-order valence-corrected chi connectivity index (χ4v) is 3.77. The van der Waals surface area contributed by atoms with Crippen molar-refractivity contribution in [2.24, 2.45) is 10.3 Å². The van der Waals surface area contributed by atoms with Gasteiger partial charge in [0.15, 0.2) is 0 Å². The van der Waals surface area contributed by atoms with Crippen molar-refractivity contribution in [2.75, 3.05) is 5.01 Å². The number of nitro benzene ring substituents is 2. The maximum Gasteiger partial charge on any atom is 0.417 e. The molecule has 0 aliphatic rings. The molecule has 0 aromatic heterocycles. The summed E-state index contributed by atoms with van der Waals surface area (Å²) in [6, 6.07) is 10.7. The minimum Gasteiger partial charge on any atom is -0.267 e. The van der Waals surface area contributed by atoms with Gasteiger partial charge >= 0.3 is 6.18 Å². The molecule has 0 unspecified atom stereocenters. The lowest BCUT2D eigenvalue weighted by Crippen LogP contribution is -2.28. The molecule has 0 atom stereocenters. The number of carbonyl (C=O) groups excluding carboxylic acids is 1. The van der Waals surface area contributed by atoms with E-state index in [9.17, 15) is 38.2 Å². The minimum atomic E-state index is -4.86. The molecular formula is C20H10Br2F3N5O5. The normalized spacial score (nSPS) is 11.5. The van der Waals surface area contributed by atoms with Crippen molar-refractivity contribution in [1.29, 1.82) is 0 Å². The monoisotopic (exact) mass is 615 g/mol. The number of hydrogen-bond acceptors (Lipinski definition) is 7. The smallest absolute Gasteiger partial charge is 0.267 e. The first-order valence-corrected chi connectivity index (χ1v) is 10.8. The van der Waals surface area contributed by atoms with Crippen LogP contribution in [-0.4, -0.2) is 15.8 Å². The average molecular weight is 617 g/mol. The number of halogens is 5. The third-order valence-corrected chi connectivity index (χ3v) is 5.68. The van der Waals surface area contributed by atoms with Gasteiger partial charge in [-0.1, -0.05) is 17.4 Å². The van der Waals surface area contributed by atoms with Crippen LogP contribution in [0.1, 0.15) is 15.9 Å². The molecule has 0 heterocycles. The largest absolute Gasteiger partial charge is 0.417 e. The summed E-state index contributed by atoms with van der Waals surface area (Å²) >= 11 is 6.16. The van der Waals surface area contributed by atoms with Crippen molar-refractivity contribution in [3.05, 3.63) is 101 Å². The summed E-state index contributed by atoms with van der Waals surface area (Å²) in [6.45, 7) is 0. The fraction of sp³-hybridized carbons (Fsp3) is 0.0500. The van der Waals surface area contributed by atoms with Crippen LogP contribution in [0.4, 0.5) is 35.9 Å². The van der Waals surface area contributed by atoms with E-state index in [1.54, 1.807) is 0 Å². The molecule has 0 saturated heterocycles. The van der Waals surface area contributed by atoms with Crippen molar-refractivity contribution in [2.45, 2.75) is 6.18 Å². The Labute approximate surface area is 210 Å². The van der Waals surface area contributed by atoms with E-state index in [0.29, 0.717) is 5.01 Å². The second-order valence-electron chi connectivity index (χ2n) is 6.64. The molecular weight excluding hydrogens is 607 g/mol. The first-order chi connectivity index (χ1) is 16.4. The third kappa shape index (κ3) is 5.86. The Hall–Kier alpha value is -3.72. The van der Waals surface area contributed by atoms with E-state index in [0.717, 1.165) is 48.5 Å². The second-order valence-corrected chi connectivity index (χ2v) is 8.34. The lowest BCUT2D eigenvalue weighted by Gasteiger charge is -2.19. The second kappa shape index (κ2) is 10.3. The number of nitro groups is 2. The van der Waals surface area contributed by atoms with Gasteiger partial charge in [-0.05, 0) is 56.1 Å². The number of hydrogen-bond donors (Lipinski definition) is 0. The summed E-state index contributed by atoms with van der Waals surface area (Å²) < 4.78 is 40.7. The first kappa shape index (κ1) is 25.9. The highest BCUT2D eigenvalue weighted by Gasteiger charge is 2.36. The van der Waals surface area contributed by atoms with Crippen molar-refractivity contribution in [3.8, 4) is 0 Å². The summed E-state index contributed by atoms with van der Waals surface area (Å²) in [7, 11) is 0. The van der Waals surface area contributed by atoms with Gasteiger partial charge in [-0.2, -0.15) is 18.2 Å². The number of alkyl halides is 3. The van der Waals surface area contributed by atoms with Crippen molar-refractivity contribution in [1.82, 2.24) is 0 Å². The minimum absolute atomic E-state index is 0.0220. The molecule has 0 N–H and O–H groups in total. The number of non-ortho nitro benzene ring substituents is 2. The van der Waals surface area contributed by atoms with Gasteiger partial charge in [-0.3, -0.25) is 25.0 Å². The highest BCUT2D eigenvalue weighted by molar-refractivity contribution is 9.11. The van der Waals surface area contributed by atoms with E-state index in [4.69, 9.17) is 0 Å². The lowest BCUT2D eigenvalue weighted by atomic mass is 10.1. The molecule has 0 aliphatic carbocycles. The molecule has 3 aromatic rings. The summed E-state index contributed by atoms with van der Waals surface area (Å²) in [5.74, 6) is -1.23. The highest BCUT2D eigenvalue weighted by atomic mass is 79.9. The number of carbonyl (C=O) groups is 1. The molecule has 0 bridgehead atoms. The fourth-order valence-electron chi connectivity index (χ4n) is 2.79. The summed E-state index contributed by atoms with van der Waals surface area (Å²) in [5.41, 5.74) is -2.69. The number of rotatable bonds is 6. The molecule has 0 spiro atoms. The van der Waals surface area contributed by atoms with Gasteiger partial charge in [0.1, 0.15) is 5.69 Å². The van der Waals surface area contributed by atoms with Crippen molar-refractivity contribution >= 4 is 60.5 Å². The van der Waals surface area contributed by atoms with Crippen LogP contribution in [0.25, 0.3) is 0 Å². The summed E-state index contributed by atoms with van der Waals surface area (Å²) in [5, 5.41) is 30.1. The Bertz CT molecular complexity index is 1370. The topological polar surface area (TPSA) is 131 Å². The zero-order valence-corrected chi connectivity index (χ0v) is 20.1. The molecule has 3 rings (SSSR count). The molecule has 15 heteroatoms. The molecule has 0 saturated carbocycles. The van der Waals surface area contributed by atoms with Crippen LogP contribution in [0.3, 0.4) is 0 Å². The Morgan fingerprint density at radius 1 is 0.886 bits per heavy atom. The van der Waals surface area contributed by atoms with E-state index >= 15 is 0 Å². The quantitative estimate of drug-likeness (QED) is 0.162. The molecule has 1 amide bonds. The van der Waals surface area contributed by atoms with E-state index in [2.05, 4.69) is 42.2 Å².